The van der Waals surface area contributed by atoms with Crippen molar-refractivity contribution in [2.24, 2.45) is 28.9 Å². The summed E-state index contributed by atoms with van der Waals surface area (Å²) in [4.78, 5) is 36.8. The maximum absolute atomic E-state index is 13.0. The van der Waals surface area contributed by atoms with Gasteiger partial charge < -0.3 is 15.6 Å². The van der Waals surface area contributed by atoms with Crippen LogP contribution in [-0.2, 0) is 16.1 Å². The van der Waals surface area contributed by atoms with Crippen molar-refractivity contribution in [2.75, 3.05) is 5.32 Å². The second-order valence-corrected chi connectivity index (χ2v) is 9.94. The molecule has 0 radical (unpaired) electrons. The average Bonchev–Trinajstić information content (AvgIpc) is 2.66. The highest BCUT2D eigenvalue weighted by Gasteiger charge is 2.51. The first-order valence-corrected chi connectivity index (χ1v) is 11.1. The first-order valence-electron chi connectivity index (χ1n) is 11.1. The van der Waals surface area contributed by atoms with Crippen LogP contribution in [0.25, 0.3) is 10.8 Å². The van der Waals surface area contributed by atoms with Crippen LogP contribution in [0.2, 0.25) is 0 Å². The molecule has 1 aromatic heterocycles. The highest BCUT2D eigenvalue weighted by Crippen LogP contribution is 2.61. The second kappa shape index (κ2) is 7.25. The monoisotopic (exact) mass is 407 g/mol. The number of fused-ring (bicyclic) bond motifs is 1. The van der Waals surface area contributed by atoms with Gasteiger partial charge in [-0.15, -0.1) is 0 Å². The molecule has 0 atom stereocenters. The van der Waals surface area contributed by atoms with Crippen LogP contribution in [0.4, 0.5) is 5.69 Å². The van der Waals surface area contributed by atoms with Crippen LogP contribution in [0.15, 0.2) is 35.3 Å². The lowest BCUT2D eigenvalue weighted by Crippen LogP contribution is -2.47. The molecule has 4 saturated carbocycles. The van der Waals surface area contributed by atoms with Gasteiger partial charge in [0.1, 0.15) is 0 Å². The van der Waals surface area contributed by atoms with E-state index in [2.05, 4.69) is 5.32 Å². The molecule has 30 heavy (non-hydrogen) atoms. The Bertz CT molecular complexity index is 1040. The molecule has 4 aliphatic carbocycles. The van der Waals surface area contributed by atoms with Gasteiger partial charge in [-0.05, 0) is 79.9 Å². The molecule has 3 N–H and O–H groups in total. The number of aryl methyl sites for hydroxylation is 1. The molecule has 1 aromatic carbocycles. The standard InChI is InChI=1S/C24H29N3O3/c25-21(28)5-7-27-6-4-18-19(23(27)30)2-1-3-20(18)26-22(29)14-24-11-15-8-16(12-24)10-17(9-15)13-24/h1-4,6,15-17H,5,7-14H2,(H2,25,28)(H,26,29). The molecule has 0 saturated heterocycles. The number of amides is 2. The van der Waals surface area contributed by atoms with Gasteiger partial charge in [0.05, 0.1) is 0 Å². The molecule has 6 rings (SSSR count). The largest absolute Gasteiger partial charge is 0.370 e. The number of rotatable bonds is 6. The van der Waals surface area contributed by atoms with Crippen molar-refractivity contribution in [3.63, 3.8) is 0 Å². The van der Waals surface area contributed by atoms with Gasteiger partial charge in [0.2, 0.25) is 11.8 Å². The van der Waals surface area contributed by atoms with Crippen LogP contribution in [0.3, 0.4) is 0 Å². The SMILES string of the molecule is NC(=O)CCn1ccc2c(NC(=O)CC34CC5CC(CC(C5)C3)C4)cccc2c1=O. The summed E-state index contributed by atoms with van der Waals surface area (Å²) < 4.78 is 1.49. The van der Waals surface area contributed by atoms with Gasteiger partial charge in [-0.2, -0.15) is 0 Å². The summed E-state index contributed by atoms with van der Waals surface area (Å²) in [5.74, 6) is 2.08. The van der Waals surface area contributed by atoms with E-state index in [-0.39, 0.29) is 29.8 Å². The van der Waals surface area contributed by atoms with Gasteiger partial charge >= 0.3 is 0 Å². The summed E-state index contributed by atoms with van der Waals surface area (Å²) in [5, 5.41) is 4.37. The number of benzene rings is 1. The zero-order chi connectivity index (χ0) is 20.9. The third kappa shape index (κ3) is 3.53. The van der Waals surface area contributed by atoms with Crippen molar-refractivity contribution in [1.29, 1.82) is 0 Å². The van der Waals surface area contributed by atoms with E-state index < -0.39 is 5.91 Å². The molecule has 4 bridgehead atoms. The molecule has 0 aliphatic heterocycles. The number of aromatic nitrogens is 1. The number of pyridine rings is 1. The number of nitrogens with two attached hydrogens (primary N) is 1. The van der Waals surface area contributed by atoms with Crippen molar-refractivity contribution < 1.29 is 9.59 Å². The molecule has 4 fully saturated rings. The lowest BCUT2D eigenvalue weighted by molar-refractivity contribution is -0.124. The van der Waals surface area contributed by atoms with E-state index in [0.29, 0.717) is 17.5 Å². The topological polar surface area (TPSA) is 94.2 Å². The minimum Gasteiger partial charge on any atom is -0.370 e. The number of anilines is 1. The molecule has 0 spiro atoms. The summed E-state index contributed by atoms with van der Waals surface area (Å²) in [6.07, 6.45) is 10.1. The van der Waals surface area contributed by atoms with Gasteiger partial charge in [-0.1, -0.05) is 6.07 Å². The van der Waals surface area contributed by atoms with E-state index in [4.69, 9.17) is 5.73 Å². The van der Waals surface area contributed by atoms with Gasteiger partial charge in [0, 0.05) is 42.0 Å². The number of hydrogen-bond donors (Lipinski definition) is 2. The molecule has 158 valence electrons. The van der Waals surface area contributed by atoms with E-state index in [1.165, 1.54) is 43.1 Å². The highest BCUT2D eigenvalue weighted by atomic mass is 16.2. The van der Waals surface area contributed by atoms with Crippen LogP contribution in [-0.4, -0.2) is 16.4 Å². The van der Waals surface area contributed by atoms with E-state index >= 15 is 0 Å². The quantitative estimate of drug-likeness (QED) is 0.768. The lowest BCUT2D eigenvalue weighted by atomic mass is 9.49. The van der Waals surface area contributed by atoms with E-state index in [9.17, 15) is 14.4 Å². The number of carbonyl (C=O) groups is 2. The molecule has 6 heteroatoms. The van der Waals surface area contributed by atoms with Crippen molar-refractivity contribution in [2.45, 2.75) is 57.9 Å². The zero-order valence-corrected chi connectivity index (χ0v) is 17.2. The fraction of sp³-hybridized carbons (Fsp3) is 0.542. The Balaban J connectivity index is 1.35. The summed E-state index contributed by atoms with van der Waals surface area (Å²) >= 11 is 0. The number of carbonyl (C=O) groups excluding carboxylic acids is 2. The lowest BCUT2D eigenvalue weighted by Gasteiger charge is -2.56. The summed E-state index contributed by atoms with van der Waals surface area (Å²) in [5.41, 5.74) is 5.90. The summed E-state index contributed by atoms with van der Waals surface area (Å²) in [7, 11) is 0. The Morgan fingerprint density at radius 1 is 1.03 bits per heavy atom. The Morgan fingerprint density at radius 2 is 1.70 bits per heavy atom. The average molecular weight is 408 g/mol. The zero-order valence-electron chi connectivity index (χ0n) is 17.2. The van der Waals surface area contributed by atoms with Crippen molar-refractivity contribution in [1.82, 2.24) is 4.57 Å². The minimum absolute atomic E-state index is 0.0577. The fourth-order valence-corrected chi connectivity index (χ4v) is 6.88. The van der Waals surface area contributed by atoms with Crippen LogP contribution in [0.1, 0.15) is 51.4 Å². The molecule has 4 aliphatic rings. The minimum atomic E-state index is -0.437. The molecular formula is C24H29N3O3. The molecule has 2 amide bonds. The Labute approximate surface area is 175 Å². The first-order chi connectivity index (χ1) is 14.4. The van der Waals surface area contributed by atoms with Crippen LogP contribution in [0, 0.1) is 23.2 Å². The van der Waals surface area contributed by atoms with Crippen LogP contribution in [0.5, 0.6) is 0 Å². The van der Waals surface area contributed by atoms with E-state index in [1.54, 1.807) is 18.3 Å². The summed E-state index contributed by atoms with van der Waals surface area (Å²) in [6.45, 7) is 0.257. The number of primary amides is 1. The van der Waals surface area contributed by atoms with Crippen molar-refractivity contribution in [3.05, 3.63) is 40.8 Å². The predicted molar refractivity (Wildman–Crippen MR) is 116 cm³/mol. The van der Waals surface area contributed by atoms with Crippen molar-refractivity contribution in [3.8, 4) is 0 Å². The molecule has 1 heterocycles. The normalized spacial score (nSPS) is 29.3. The number of hydrogen-bond acceptors (Lipinski definition) is 3. The van der Waals surface area contributed by atoms with Gasteiger partial charge in [-0.3, -0.25) is 14.4 Å². The van der Waals surface area contributed by atoms with E-state index in [1.807, 2.05) is 12.1 Å². The molecule has 0 unspecified atom stereocenters. The smallest absolute Gasteiger partial charge is 0.258 e. The van der Waals surface area contributed by atoms with Crippen LogP contribution >= 0.6 is 0 Å². The number of nitrogens with one attached hydrogen (secondary N) is 1. The predicted octanol–water partition coefficient (Wildman–Crippen LogP) is 3.42. The molecule has 2 aromatic rings. The van der Waals surface area contributed by atoms with Crippen LogP contribution < -0.4 is 16.6 Å². The third-order valence-corrected chi connectivity index (χ3v) is 7.59. The van der Waals surface area contributed by atoms with Gasteiger partial charge in [-0.25, -0.2) is 0 Å². The maximum atomic E-state index is 13.0. The Hall–Kier alpha value is -2.63. The summed E-state index contributed by atoms with van der Waals surface area (Å²) in [6, 6.07) is 7.24. The molecular weight excluding hydrogens is 378 g/mol. The fourth-order valence-electron chi connectivity index (χ4n) is 6.88. The van der Waals surface area contributed by atoms with E-state index in [0.717, 1.165) is 23.1 Å². The highest BCUT2D eigenvalue weighted by molar-refractivity contribution is 6.02. The molecule has 6 nitrogen and oxygen atoms in total. The second-order valence-electron chi connectivity index (χ2n) is 9.94. The Morgan fingerprint density at radius 3 is 2.33 bits per heavy atom. The first kappa shape index (κ1) is 19.3. The maximum Gasteiger partial charge on any atom is 0.258 e. The van der Waals surface area contributed by atoms with Crippen molar-refractivity contribution >= 4 is 28.3 Å². The van der Waals surface area contributed by atoms with Gasteiger partial charge in [0.15, 0.2) is 0 Å². The Kier molecular flexibility index (Phi) is 4.68. The number of nitrogens with zero attached hydrogens (tertiary/aromatic N) is 1. The van der Waals surface area contributed by atoms with Gasteiger partial charge in [0.25, 0.3) is 5.56 Å². The third-order valence-electron chi connectivity index (χ3n) is 7.59.